The molecule has 3 aromatic carbocycles. The molecule has 4 rings (SSSR count). The molecule has 0 amide bonds. The van der Waals surface area contributed by atoms with E-state index in [0.717, 1.165) is 42.3 Å². The predicted octanol–water partition coefficient (Wildman–Crippen LogP) is 5.42. The van der Waals surface area contributed by atoms with Crippen LogP contribution in [0.2, 0.25) is 5.02 Å². The van der Waals surface area contributed by atoms with Gasteiger partial charge in [-0.3, -0.25) is 4.79 Å². The third-order valence-corrected chi connectivity index (χ3v) is 6.95. The summed E-state index contributed by atoms with van der Waals surface area (Å²) in [5.41, 5.74) is 5.53. The average molecular weight is 433 g/mol. The summed E-state index contributed by atoms with van der Waals surface area (Å²) in [6.45, 7) is 1.98. The number of nitrogens with zero attached hydrogens (tertiary/aromatic N) is 1. The fourth-order valence-electron chi connectivity index (χ4n) is 3.67. The number of carbonyl (C=O) groups is 1. The normalized spacial score (nSPS) is 13.2. The maximum absolute atomic E-state index is 12.7. The van der Waals surface area contributed by atoms with Gasteiger partial charge >= 0.3 is 0 Å². The first-order chi connectivity index (χ1) is 14.7. The van der Waals surface area contributed by atoms with Crippen LogP contribution in [0.1, 0.15) is 38.2 Å². The Balaban J connectivity index is 1.48. The largest absolute Gasteiger partial charge is 0.316 e. The lowest BCUT2D eigenvalue weighted by Crippen LogP contribution is -2.16. The van der Waals surface area contributed by atoms with Crippen LogP contribution in [0.4, 0.5) is 0 Å². The van der Waals surface area contributed by atoms with Gasteiger partial charge in [0.1, 0.15) is 0 Å². The van der Waals surface area contributed by atoms with E-state index in [9.17, 15) is 4.79 Å². The Hall–Kier alpha value is -2.58. The van der Waals surface area contributed by atoms with Gasteiger partial charge in [0.05, 0.1) is 16.7 Å². The molecule has 0 aliphatic carbocycles. The van der Waals surface area contributed by atoms with Gasteiger partial charge in [-0.05, 0) is 60.8 Å². The van der Waals surface area contributed by atoms with Crippen LogP contribution in [0, 0.1) is 11.3 Å². The van der Waals surface area contributed by atoms with Crippen LogP contribution in [-0.2, 0) is 18.6 Å². The molecule has 30 heavy (non-hydrogen) atoms. The molecule has 0 unspecified atom stereocenters. The SMILES string of the molecule is N#Cc1cccc(C(=O)c2ccc(CSc3c(Cl)ccc4c3CCNCC4)cc2)c1. The summed E-state index contributed by atoms with van der Waals surface area (Å²) in [5, 5.41) is 13.3. The lowest BCUT2D eigenvalue weighted by atomic mass is 10.0. The predicted molar refractivity (Wildman–Crippen MR) is 122 cm³/mol. The zero-order valence-electron chi connectivity index (χ0n) is 16.5. The van der Waals surface area contributed by atoms with Crippen molar-refractivity contribution in [3.8, 4) is 6.07 Å². The highest BCUT2D eigenvalue weighted by molar-refractivity contribution is 7.98. The molecule has 0 atom stereocenters. The van der Waals surface area contributed by atoms with Gasteiger partial charge in [0.2, 0.25) is 0 Å². The Morgan fingerprint density at radius 2 is 1.83 bits per heavy atom. The molecule has 0 fully saturated rings. The number of nitrogens with one attached hydrogen (secondary N) is 1. The number of fused-ring (bicyclic) bond motifs is 1. The van der Waals surface area contributed by atoms with Crippen molar-refractivity contribution in [2.45, 2.75) is 23.5 Å². The van der Waals surface area contributed by atoms with Crippen LogP contribution < -0.4 is 5.32 Å². The van der Waals surface area contributed by atoms with E-state index in [4.69, 9.17) is 16.9 Å². The maximum atomic E-state index is 12.7. The molecule has 3 nitrogen and oxygen atoms in total. The Labute approximate surface area is 186 Å². The molecule has 150 valence electrons. The third kappa shape index (κ3) is 4.60. The summed E-state index contributed by atoms with van der Waals surface area (Å²) in [6.07, 6.45) is 2.03. The molecule has 0 saturated carbocycles. The summed E-state index contributed by atoms with van der Waals surface area (Å²) in [5.74, 6) is 0.720. The monoisotopic (exact) mass is 432 g/mol. The molecule has 5 heteroatoms. The topological polar surface area (TPSA) is 52.9 Å². The van der Waals surface area contributed by atoms with Gasteiger partial charge in [0.25, 0.3) is 0 Å². The lowest BCUT2D eigenvalue weighted by molar-refractivity contribution is 0.103. The van der Waals surface area contributed by atoms with Crippen molar-refractivity contribution < 1.29 is 4.79 Å². The van der Waals surface area contributed by atoms with E-state index < -0.39 is 0 Å². The number of ketones is 1. The molecule has 1 N–H and O–H groups in total. The number of rotatable bonds is 5. The van der Waals surface area contributed by atoms with Crippen molar-refractivity contribution >= 4 is 29.1 Å². The molecule has 0 radical (unpaired) electrons. The van der Waals surface area contributed by atoms with Crippen LogP contribution in [0.25, 0.3) is 0 Å². The van der Waals surface area contributed by atoms with E-state index in [2.05, 4.69) is 17.5 Å². The summed E-state index contributed by atoms with van der Waals surface area (Å²) < 4.78 is 0. The summed E-state index contributed by atoms with van der Waals surface area (Å²) in [7, 11) is 0. The van der Waals surface area contributed by atoms with E-state index in [1.54, 1.807) is 36.0 Å². The Kier molecular flexibility index (Phi) is 6.54. The maximum Gasteiger partial charge on any atom is 0.193 e. The minimum Gasteiger partial charge on any atom is -0.316 e. The molecule has 0 spiro atoms. The molecule has 0 saturated heterocycles. The van der Waals surface area contributed by atoms with Crippen LogP contribution in [-0.4, -0.2) is 18.9 Å². The van der Waals surface area contributed by atoms with Gasteiger partial charge < -0.3 is 5.32 Å². The molecule has 1 heterocycles. The molecule has 3 aromatic rings. The van der Waals surface area contributed by atoms with Gasteiger partial charge in [-0.25, -0.2) is 0 Å². The second-order valence-corrected chi connectivity index (χ2v) is 8.66. The van der Waals surface area contributed by atoms with E-state index in [0.29, 0.717) is 16.7 Å². The molecule has 0 aromatic heterocycles. The third-order valence-electron chi connectivity index (χ3n) is 5.29. The van der Waals surface area contributed by atoms with Crippen molar-refractivity contribution in [1.82, 2.24) is 5.32 Å². The van der Waals surface area contributed by atoms with Crippen molar-refractivity contribution in [3.63, 3.8) is 0 Å². The number of carbonyl (C=O) groups excluding carboxylic acids is 1. The van der Waals surface area contributed by atoms with Crippen molar-refractivity contribution in [2.24, 2.45) is 0 Å². The van der Waals surface area contributed by atoms with Gasteiger partial charge in [-0.2, -0.15) is 5.26 Å². The molecular weight excluding hydrogens is 412 g/mol. The first kappa shape index (κ1) is 20.7. The quantitative estimate of drug-likeness (QED) is 0.431. The van der Waals surface area contributed by atoms with Crippen LogP contribution in [0.3, 0.4) is 0 Å². The van der Waals surface area contributed by atoms with E-state index in [1.807, 2.05) is 30.3 Å². The smallest absolute Gasteiger partial charge is 0.193 e. The number of nitriles is 1. The van der Waals surface area contributed by atoms with Crippen molar-refractivity contribution in [3.05, 3.63) is 99.1 Å². The molecular formula is C25H21ClN2OS. The molecule has 0 bridgehead atoms. The molecule has 1 aliphatic rings. The Bertz CT molecular complexity index is 1120. The number of thioether (sulfide) groups is 1. The number of halogens is 1. The fourth-order valence-corrected chi connectivity index (χ4v) is 5.13. The second kappa shape index (κ2) is 9.49. The van der Waals surface area contributed by atoms with Crippen molar-refractivity contribution in [1.29, 1.82) is 5.26 Å². The van der Waals surface area contributed by atoms with Gasteiger partial charge in [0, 0.05) is 21.8 Å². The number of benzene rings is 3. The zero-order chi connectivity index (χ0) is 20.9. The highest BCUT2D eigenvalue weighted by Crippen LogP contribution is 2.36. The Morgan fingerprint density at radius 3 is 2.63 bits per heavy atom. The van der Waals surface area contributed by atoms with Crippen LogP contribution >= 0.6 is 23.4 Å². The first-order valence-corrected chi connectivity index (χ1v) is 11.3. The van der Waals surface area contributed by atoms with Crippen molar-refractivity contribution in [2.75, 3.05) is 13.1 Å². The summed E-state index contributed by atoms with van der Waals surface area (Å²) in [6, 6.07) is 20.7. The van der Waals surface area contributed by atoms with Gasteiger partial charge in [-0.15, -0.1) is 11.8 Å². The van der Waals surface area contributed by atoms with Crippen LogP contribution in [0.15, 0.2) is 65.6 Å². The van der Waals surface area contributed by atoms with E-state index in [1.165, 1.54) is 16.0 Å². The summed E-state index contributed by atoms with van der Waals surface area (Å²) >= 11 is 8.29. The van der Waals surface area contributed by atoms with E-state index >= 15 is 0 Å². The fraction of sp³-hybridized carbons (Fsp3) is 0.200. The second-order valence-electron chi connectivity index (χ2n) is 7.27. The number of hydrogen-bond acceptors (Lipinski definition) is 4. The standard InChI is InChI=1S/C25H21ClN2OS/c26-23-9-8-19-10-12-28-13-11-22(19)25(23)30-16-17-4-6-20(7-5-17)24(29)21-3-1-2-18(14-21)15-27/h1-9,14,28H,10-13,16H2. The average Bonchev–Trinajstić information content (AvgIpc) is 3.04. The van der Waals surface area contributed by atoms with Gasteiger partial charge in [0.15, 0.2) is 5.78 Å². The van der Waals surface area contributed by atoms with Gasteiger partial charge in [-0.1, -0.05) is 54.1 Å². The number of hydrogen-bond donors (Lipinski definition) is 1. The minimum absolute atomic E-state index is 0.0739. The first-order valence-electron chi connectivity index (χ1n) is 9.93. The van der Waals surface area contributed by atoms with Crippen LogP contribution in [0.5, 0.6) is 0 Å². The zero-order valence-corrected chi connectivity index (χ0v) is 18.0. The summed E-state index contributed by atoms with van der Waals surface area (Å²) in [4.78, 5) is 13.9. The lowest BCUT2D eigenvalue weighted by Gasteiger charge is -2.14. The molecule has 1 aliphatic heterocycles. The highest BCUT2D eigenvalue weighted by Gasteiger charge is 2.15. The highest BCUT2D eigenvalue weighted by atomic mass is 35.5. The van der Waals surface area contributed by atoms with E-state index in [-0.39, 0.29) is 5.78 Å². The minimum atomic E-state index is -0.0739. The Morgan fingerprint density at radius 1 is 1.03 bits per heavy atom.